The highest BCUT2D eigenvalue weighted by Gasteiger charge is 2.31. The number of benzene rings is 1. The summed E-state index contributed by atoms with van der Waals surface area (Å²) in [6.45, 7) is 5.54. The molecular weight excluding hydrogens is 250 g/mol. The summed E-state index contributed by atoms with van der Waals surface area (Å²) in [5, 5.41) is 3.66. The van der Waals surface area contributed by atoms with E-state index >= 15 is 0 Å². The minimum Gasteiger partial charge on any atom is -0.493 e. The van der Waals surface area contributed by atoms with E-state index in [1.807, 2.05) is 6.07 Å². The summed E-state index contributed by atoms with van der Waals surface area (Å²) < 4.78 is 10.8. The van der Waals surface area contributed by atoms with Crippen LogP contribution in [-0.2, 0) is 0 Å². The van der Waals surface area contributed by atoms with Crippen molar-refractivity contribution >= 4 is 0 Å². The van der Waals surface area contributed by atoms with Crippen molar-refractivity contribution in [2.45, 2.75) is 39.2 Å². The molecule has 0 saturated heterocycles. The second-order valence-electron chi connectivity index (χ2n) is 5.72. The van der Waals surface area contributed by atoms with Crippen LogP contribution >= 0.6 is 0 Å². The molecule has 1 N–H and O–H groups in total. The number of hydrogen-bond acceptors (Lipinski definition) is 3. The Morgan fingerprint density at radius 1 is 1.20 bits per heavy atom. The zero-order valence-electron chi connectivity index (χ0n) is 13.1. The van der Waals surface area contributed by atoms with Crippen LogP contribution in [0.25, 0.3) is 0 Å². The van der Waals surface area contributed by atoms with Crippen molar-refractivity contribution in [3.63, 3.8) is 0 Å². The maximum Gasteiger partial charge on any atom is 0.161 e. The van der Waals surface area contributed by atoms with Gasteiger partial charge < -0.3 is 14.8 Å². The molecule has 0 heterocycles. The molecule has 1 aliphatic rings. The van der Waals surface area contributed by atoms with Crippen molar-refractivity contribution in [2.75, 3.05) is 20.8 Å². The van der Waals surface area contributed by atoms with Crippen LogP contribution in [0.3, 0.4) is 0 Å². The fraction of sp³-hybridized carbons (Fsp3) is 0.647. The molecule has 0 aromatic heterocycles. The summed E-state index contributed by atoms with van der Waals surface area (Å²) in [4.78, 5) is 0. The van der Waals surface area contributed by atoms with E-state index in [-0.39, 0.29) is 0 Å². The van der Waals surface area contributed by atoms with Crippen LogP contribution in [0.15, 0.2) is 18.2 Å². The minimum absolute atomic E-state index is 0.414. The van der Waals surface area contributed by atoms with E-state index in [1.54, 1.807) is 14.2 Å². The highest BCUT2D eigenvalue weighted by Crippen LogP contribution is 2.41. The highest BCUT2D eigenvalue weighted by atomic mass is 16.5. The third-order valence-corrected chi connectivity index (χ3v) is 4.55. The van der Waals surface area contributed by atoms with E-state index in [0.717, 1.165) is 24.0 Å². The molecule has 0 bridgehead atoms. The molecule has 2 rings (SSSR count). The number of nitrogens with one attached hydrogen (secondary N) is 1. The van der Waals surface area contributed by atoms with Crippen LogP contribution in [0, 0.1) is 11.8 Å². The van der Waals surface area contributed by atoms with Gasteiger partial charge in [0.15, 0.2) is 11.5 Å². The Balaban J connectivity index is 2.29. The SMILES string of the molecule is CCNC(c1ccc(OC)c(OC)c1)C1CCCC1C. The monoisotopic (exact) mass is 277 g/mol. The topological polar surface area (TPSA) is 30.5 Å². The van der Waals surface area contributed by atoms with Crippen molar-refractivity contribution < 1.29 is 9.47 Å². The molecule has 1 fully saturated rings. The first kappa shape index (κ1) is 15.2. The largest absolute Gasteiger partial charge is 0.493 e. The van der Waals surface area contributed by atoms with Gasteiger partial charge in [-0.3, -0.25) is 0 Å². The third-order valence-electron chi connectivity index (χ3n) is 4.55. The Hall–Kier alpha value is -1.22. The standard InChI is InChI=1S/C17H27NO2/c1-5-18-17(14-8-6-7-12(14)2)13-9-10-15(19-3)16(11-13)20-4/h9-12,14,17-18H,5-8H2,1-4H3. The maximum absolute atomic E-state index is 5.44. The molecule has 1 aromatic rings. The lowest BCUT2D eigenvalue weighted by molar-refractivity contribution is 0.303. The van der Waals surface area contributed by atoms with Gasteiger partial charge in [-0.05, 0) is 42.5 Å². The van der Waals surface area contributed by atoms with Gasteiger partial charge in [0.25, 0.3) is 0 Å². The molecule has 0 radical (unpaired) electrons. The summed E-state index contributed by atoms with van der Waals surface area (Å²) in [5.74, 6) is 3.12. The molecule has 1 saturated carbocycles. The Bertz CT molecular complexity index is 433. The zero-order chi connectivity index (χ0) is 14.5. The second-order valence-corrected chi connectivity index (χ2v) is 5.72. The maximum atomic E-state index is 5.44. The van der Waals surface area contributed by atoms with Gasteiger partial charge in [0.2, 0.25) is 0 Å². The van der Waals surface area contributed by atoms with Crippen LogP contribution in [0.2, 0.25) is 0 Å². The predicted molar refractivity (Wildman–Crippen MR) is 82.5 cm³/mol. The number of hydrogen-bond donors (Lipinski definition) is 1. The number of ether oxygens (including phenoxy) is 2. The quantitative estimate of drug-likeness (QED) is 0.858. The fourth-order valence-corrected chi connectivity index (χ4v) is 3.45. The lowest BCUT2D eigenvalue weighted by atomic mass is 9.85. The van der Waals surface area contributed by atoms with Gasteiger partial charge >= 0.3 is 0 Å². The van der Waals surface area contributed by atoms with Crippen molar-refractivity contribution in [1.29, 1.82) is 0 Å². The third kappa shape index (κ3) is 3.09. The van der Waals surface area contributed by atoms with Gasteiger partial charge in [0, 0.05) is 6.04 Å². The molecule has 3 heteroatoms. The molecule has 0 spiro atoms. The number of methoxy groups -OCH3 is 2. The Kier molecular flexibility index (Phi) is 5.30. The normalized spacial score (nSPS) is 23.6. The molecule has 112 valence electrons. The van der Waals surface area contributed by atoms with Crippen LogP contribution in [0.1, 0.15) is 44.7 Å². The average molecular weight is 277 g/mol. The molecule has 3 atom stereocenters. The van der Waals surface area contributed by atoms with Crippen LogP contribution in [0.4, 0.5) is 0 Å². The van der Waals surface area contributed by atoms with Gasteiger partial charge in [0.1, 0.15) is 0 Å². The van der Waals surface area contributed by atoms with E-state index in [0.29, 0.717) is 12.0 Å². The predicted octanol–water partition coefficient (Wildman–Crippen LogP) is 3.79. The smallest absolute Gasteiger partial charge is 0.161 e. The summed E-state index contributed by atoms with van der Waals surface area (Å²) in [5.41, 5.74) is 1.31. The van der Waals surface area contributed by atoms with Gasteiger partial charge in [0.05, 0.1) is 14.2 Å². The summed E-state index contributed by atoms with van der Waals surface area (Å²) >= 11 is 0. The molecule has 3 nitrogen and oxygen atoms in total. The Labute approximate surface area is 122 Å². The first-order valence-corrected chi connectivity index (χ1v) is 7.66. The lowest BCUT2D eigenvalue weighted by Gasteiger charge is -2.28. The zero-order valence-corrected chi connectivity index (χ0v) is 13.1. The van der Waals surface area contributed by atoms with E-state index in [4.69, 9.17) is 9.47 Å². The van der Waals surface area contributed by atoms with Crippen molar-refractivity contribution in [3.8, 4) is 11.5 Å². The molecule has 0 amide bonds. The van der Waals surface area contributed by atoms with Gasteiger partial charge in [-0.15, -0.1) is 0 Å². The van der Waals surface area contributed by atoms with Crippen LogP contribution in [0.5, 0.6) is 11.5 Å². The van der Waals surface area contributed by atoms with Crippen molar-refractivity contribution in [2.24, 2.45) is 11.8 Å². The van der Waals surface area contributed by atoms with Gasteiger partial charge in [-0.1, -0.05) is 32.8 Å². The Morgan fingerprint density at radius 2 is 1.95 bits per heavy atom. The van der Waals surface area contributed by atoms with E-state index in [9.17, 15) is 0 Å². The lowest BCUT2D eigenvalue weighted by Crippen LogP contribution is -2.29. The summed E-state index contributed by atoms with van der Waals surface area (Å²) in [7, 11) is 3.38. The van der Waals surface area contributed by atoms with Gasteiger partial charge in [-0.2, -0.15) is 0 Å². The second kappa shape index (κ2) is 6.98. The first-order chi connectivity index (χ1) is 9.71. The molecule has 20 heavy (non-hydrogen) atoms. The molecule has 3 unspecified atom stereocenters. The molecule has 1 aromatic carbocycles. The fourth-order valence-electron chi connectivity index (χ4n) is 3.45. The van der Waals surface area contributed by atoms with Gasteiger partial charge in [-0.25, -0.2) is 0 Å². The highest BCUT2D eigenvalue weighted by molar-refractivity contribution is 5.44. The van der Waals surface area contributed by atoms with Crippen LogP contribution in [-0.4, -0.2) is 20.8 Å². The average Bonchev–Trinajstić information content (AvgIpc) is 2.90. The molecule has 0 aliphatic heterocycles. The summed E-state index contributed by atoms with van der Waals surface area (Å²) in [6.07, 6.45) is 4.01. The minimum atomic E-state index is 0.414. The van der Waals surface area contributed by atoms with E-state index in [1.165, 1.54) is 24.8 Å². The molecule has 1 aliphatic carbocycles. The van der Waals surface area contributed by atoms with Crippen molar-refractivity contribution in [3.05, 3.63) is 23.8 Å². The van der Waals surface area contributed by atoms with Crippen molar-refractivity contribution in [1.82, 2.24) is 5.32 Å². The number of rotatable bonds is 6. The summed E-state index contributed by atoms with van der Waals surface area (Å²) in [6, 6.07) is 6.71. The van der Waals surface area contributed by atoms with E-state index < -0.39 is 0 Å². The molecular formula is C17H27NO2. The van der Waals surface area contributed by atoms with E-state index in [2.05, 4.69) is 31.3 Å². The van der Waals surface area contributed by atoms with Crippen LogP contribution < -0.4 is 14.8 Å². The first-order valence-electron chi connectivity index (χ1n) is 7.66. The Morgan fingerprint density at radius 3 is 2.50 bits per heavy atom.